The van der Waals surface area contributed by atoms with Crippen molar-refractivity contribution in [3.05, 3.63) is 77.0 Å². The van der Waals surface area contributed by atoms with Crippen LogP contribution in [0.2, 0.25) is 0 Å². The second-order valence-corrected chi connectivity index (χ2v) is 6.86. The average molecular weight is 316 g/mol. The van der Waals surface area contributed by atoms with E-state index in [9.17, 15) is 0 Å². The summed E-state index contributed by atoms with van der Waals surface area (Å²) in [5.74, 6) is 0. The Hall–Kier alpha value is -2.32. The van der Waals surface area contributed by atoms with Crippen molar-refractivity contribution in [1.82, 2.24) is 9.47 Å². The lowest BCUT2D eigenvalue weighted by molar-refractivity contribution is 0.310. The standard InChI is InChI=1S/C22H24N2/c1-17-10-11-21-19(15-17)20-16-23(2)14-12-22(20)24(21)13-6-9-18-7-4-3-5-8-18/h3-11,15H,12-14,16H2,1-2H3/b9-6+. The van der Waals surface area contributed by atoms with Crippen LogP contribution in [0, 0.1) is 6.92 Å². The maximum absolute atomic E-state index is 2.51. The van der Waals surface area contributed by atoms with Crippen LogP contribution in [0.1, 0.15) is 22.4 Å². The molecule has 1 aliphatic rings. The molecule has 0 N–H and O–H groups in total. The summed E-state index contributed by atoms with van der Waals surface area (Å²) in [6.45, 7) is 5.33. The molecule has 0 fully saturated rings. The minimum atomic E-state index is 0.938. The van der Waals surface area contributed by atoms with E-state index >= 15 is 0 Å². The summed E-state index contributed by atoms with van der Waals surface area (Å²) in [4.78, 5) is 2.42. The van der Waals surface area contributed by atoms with Crippen LogP contribution in [0.15, 0.2) is 54.6 Å². The molecule has 122 valence electrons. The van der Waals surface area contributed by atoms with Crippen molar-refractivity contribution in [3.63, 3.8) is 0 Å². The zero-order chi connectivity index (χ0) is 16.5. The van der Waals surface area contributed by atoms with E-state index < -0.39 is 0 Å². The van der Waals surface area contributed by atoms with Crippen LogP contribution in [-0.4, -0.2) is 23.1 Å². The second kappa shape index (κ2) is 6.29. The van der Waals surface area contributed by atoms with Gasteiger partial charge in [-0.15, -0.1) is 0 Å². The summed E-state index contributed by atoms with van der Waals surface area (Å²) >= 11 is 0. The number of hydrogen-bond acceptors (Lipinski definition) is 1. The van der Waals surface area contributed by atoms with Crippen molar-refractivity contribution in [2.24, 2.45) is 0 Å². The van der Waals surface area contributed by atoms with Crippen LogP contribution in [0.25, 0.3) is 17.0 Å². The fraction of sp³-hybridized carbons (Fsp3) is 0.273. The number of benzene rings is 2. The Bertz CT molecular complexity index is 887. The Kier molecular flexibility index (Phi) is 3.99. The summed E-state index contributed by atoms with van der Waals surface area (Å²) in [6, 6.07) is 17.4. The van der Waals surface area contributed by atoms with Crippen molar-refractivity contribution in [2.45, 2.75) is 26.4 Å². The zero-order valence-electron chi connectivity index (χ0n) is 14.5. The Morgan fingerprint density at radius 1 is 1.08 bits per heavy atom. The van der Waals surface area contributed by atoms with Crippen molar-refractivity contribution in [2.75, 3.05) is 13.6 Å². The van der Waals surface area contributed by atoms with Gasteiger partial charge in [0.2, 0.25) is 0 Å². The van der Waals surface area contributed by atoms with Gasteiger partial charge in [0.25, 0.3) is 0 Å². The van der Waals surface area contributed by atoms with Gasteiger partial charge in [-0.25, -0.2) is 0 Å². The number of rotatable bonds is 3. The van der Waals surface area contributed by atoms with Gasteiger partial charge in [0.05, 0.1) is 0 Å². The maximum atomic E-state index is 2.51. The highest BCUT2D eigenvalue weighted by Crippen LogP contribution is 2.31. The molecule has 2 heterocycles. The molecule has 3 aromatic rings. The SMILES string of the molecule is Cc1ccc2c(c1)c1c(n2C/C=C/c2ccccc2)CCN(C)C1. The van der Waals surface area contributed by atoms with Crippen LogP contribution in [-0.2, 0) is 19.5 Å². The van der Waals surface area contributed by atoms with E-state index in [1.807, 2.05) is 0 Å². The fourth-order valence-electron chi connectivity index (χ4n) is 3.77. The van der Waals surface area contributed by atoms with Gasteiger partial charge in [0.15, 0.2) is 0 Å². The van der Waals surface area contributed by atoms with E-state index in [1.54, 1.807) is 0 Å². The quantitative estimate of drug-likeness (QED) is 0.683. The molecule has 0 spiro atoms. The predicted octanol–water partition coefficient (Wildman–Crippen LogP) is 4.65. The molecular weight excluding hydrogens is 292 g/mol. The molecular formula is C22H24N2. The Morgan fingerprint density at radius 2 is 1.92 bits per heavy atom. The van der Waals surface area contributed by atoms with E-state index in [0.717, 1.165) is 26.1 Å². The molecule has 2 nitrogen and oxygen atoms in total. The third-order valence-corrected chi connectivity index (χ3v) is 5.00. The Labute approximate surface area is 144 Å². The molecule has 0 radical (unpaired) electrons. The summed E-state index contributed by atoms with van der Waals surface area (Å²) in [7, 11) is 2.22. The van der Waals surface area contributed by atoms with Crippen LogP contribution in [0.3, 0.4) is 0 Å². The summed E-state index contributed by atoms with van der Waals surface area (Å²) in [5, 5.41) is 1.43. The largest absolute Gasteiger partial charge is 0.340 e. The number of fused-ring (bicyclic) bond motifs is 3. The molecule has 1 aromatic heterocycles. The van der Waals surface area contributed by atoms with Crippen LogP contribution < -0.4 is 0 Å². The number of aryl methyl sites for hydroxylation is 1. The predicted molar refractivity (Wildman–Crippen MR) is 102 cm³/mol. The molecule has 0 saturated heterocycles. The normalized spacial score (nSPS) is 15.2. The van der Waals surface area contributed by atoms with Gasteiger partial charge < -0.3 is 9.47 Å². The minimum Gasteiger partial charge on any atom is -0.340 e. The maximum Gasteiger partial charge on any atom is 0.0489 e. The summed E-state index contributed by atoms with van der Waals surface area (Å²) in [6.07, 6.45) is 5.65. The molecule has 0 amide bonds. The van der Waals surface area contributed by atoms with Crippen LogP contribution in [0.4, 0.5) is 0 Å². The molecule has 0 unspecified atom stereocenters. The van der Waals surface area contributed by atoms with Crippen molar-refractivity contribution >= 4 is 17.0 Å². The Balaban J connectivity index is 1.73. The fourth-order valence-corrected chi connectivity index (χ4v) is 3.77. The zero-order valence-corrected chi connectivity index (χ0v) is 14.5. The number of aromatic nitrogens is 1. The molecule has 0 saturated carbocycles. The molecule has 24 heavy (non-hydrogen) atoms. The first kappa shape index (κ1) is 15.2. The second-order valence-electron chi connectivity index (χ2n) is 6.86. The van der Waals surface area contributed by atoms with E-state index in [1.165, 1.54) is 33.3 Å². The molecule has 2 aromatic carbocycles. The van der Waals surface area contributed by atoms with Gasteiger partial charge in [-0.05, 0) is 37.2 Å². The van der Waals surface area contributed by atoms with E-state index in [0.29, 0.717) is 0 Å². The van der Waals surface area contributed by atoms with E-state index in [2.05, 4.69) is 84.1 Å². The highest BCUT2D eigenvalue weighted by atomic mass is 15.1. The first-order chi connectivity index (χ1) is 11.7. The van der Waals surface area contributed by atoms with Gasteiger partial charge >= 0.3 is 0 Å². The minimum absolute atomic E-state index is 0.938. The molecule has 0 aliphatic carbocycles. The molecule has 0 bridgehead atoms. The van der Waals surface area contributed by atoms with Gasteiger partial charge in [0.1, 0.15) is 0 Å². The van der Waals surface area contributed by atoms with Crippen molar-refractivity contribution < 1.29 is 0 Å². The van der Waals surface area contributed by atoms with Crippen LogP contribution in [0.5, 0.6) is 0 Å². The monoisotopic (exact) mass is 316 g/mol. The molecule has 1 aliphatic heterocycles. The Morgan fingerprint density at radius 3 is 2.75 bits per heavy atom. The van der Waals surface area contributed by atoms with Gasteiger partial charge in [0, 0.05) is 42.7 Å². The van der Waals surface area contributed by atoms with Crippen molar-refractivity contribution in [1.29, 1.82) is 0 Å². The van der Waals surface area contributed by atoms with E-state index in [-0.39, 0.29) is 0 Å². The lowest BCUT2D eigenvalue weighted by Gasteiger charge is -2.24. The number of nitrogens with zero attached hydrogens (tertiary/aromatic N) is 2. The van der Waals surface area contributed by atoms with Crippen LogP contribution >= 0.6 is 0 Å². The molecule has 2 heteroatoms. The first-order valence-corrected chi connectivity index (χ1v) is 8.73. The van der Waals surface area contributed by atoms with Crippen molar-refractivity contribution in [3.8, 4) is 0 Å². The van der Waals surface area contributed by atoms with Gasteiger partial charge in [-0.1, -0.05) is 54.1 Å². The number of likely N-dealkylation sites (N-methyl/N-ethyl adjacent to an activating group) is 1. The summed E-state index contributed by atoms with van der Waals surface area (Å²) < 4.78 is 2.51. The van der Waals surface area contributed by atoms with E-state index in [4.69, 9.17) is 0 Å². The van der Waals surface area contributed by atoms with Gasteiger partial charge in [-0.2, -0.15) is 0 Å². The highest BCUT2D eigenvalue weighted by Gasteiger charge is 2.21. The lowest BCUT2D eigenvalue weighted by Crippen LogP contribution is -2.27. The smallest absolute Gasteiger partial charge is 0.0489 e. The molecule has 0 atom stereocenters. The highest BCUT2D eigenvalue weighted by molar-refractivity contribution is 5.86. The summed E-state index contributed by atoms with van der Waals surface area (Å²) in [5.41, 5.74) is 7.02. The first-order valence-electron chi connectivity index (χ1n) is 8.73. The number of allylic oxidation sites excluding steroid dienone is 1. The number of hydrogen-bond donors (Lipinski definition) is 0. The third-order valence-electron chi connectivity index (χ3n) is 5.00. The lowest BCUT2D eigenvalue weighted by atomic mass is 10.0. The topological polar surface area (TPSA) is 8.17 Å². The average Bonchev–Trinajstić information content (AvgIpc) is 2.89. The third kappa shape index (κ3) is 2.78. The molecule has 4 rings (SSSR count). The van der Waals surface area contributed by atoms with Gasteiger partial charge in [-0.3, -0.25) is 0 Å².